The van der Waals surface area contributed by atoms with Gasteiger partial charge in [0.1, 0.15) is 6.04 Å². The van der Waals surface area contributed by atoms with Crippen molar-refractivity contribution in [3.05, 3.63) is 0 Å². The van der Waals surface area contributed by atoms with Gasteiger partial charge in [0.15, 0.2) is 0 Å². The average molecular weight is 218 g/mol. The Bertz CT molecular complexity index is 247. The van der Waals surface area contributed by atoms with E-state index in [0.717, 1.165) is 0 Å². The maximum atomic E-state index is 11.4. The van der Waals surface area contributed by atoms with Gasteiger partial charge >= 0.3 is 12.0 Å². The summed E-state index contributed by atoms with van der Waals surface area (Å²) >= 11 is 0. The smallest absolute Gasteiger partial charge is 0.325 e. The maximum absolute atomic E-state index is 11.4. The third-order valence-electron chi connectivity index (χ3n) is 1.68. The van der Waals surface area contributed by atoms with Gasteiger partial charge in [0.25, 0.3) is 0 Å². The third kappa shape index (κ3) is 5.90. The Kier molecular flexibility index (Phi) is 4.54. The van der Waals surface area contributed by atoms with Gasteiger partial charge in [0, 0.05) is 7.05 Å². The van der Waals surface area contributed by atoms with E-state index in [-0.39, 0.29) is 6.54 Å². The van der Waals surface area contributed by atoms with Gasteiger partial charge in [-0.1, -0.05) is 0 Å². The van der Waals surface area contributed by atoms with Crippen LogP contribution in [0, 0.1) is 0 Å². The molecule has 0 saturated carbocycles. The van der Waals surface area contributed by atoms with Gasteiger partial charge in [-0.3, -0.25) is 4.79 Å². The summed E-state index contributed by atoms with van der Waals surface area (Å²) in [4.78, 5) is 23.1. The minimum Gasteiger partial charge on any atom is -0.480 e. The first-order chi connectivity index (χ1) is 6.63. The average Bonchev–Trinajstić information content (AvgIpc) is 2.00. The number of hydrogen-bond donors (Lipinski definition) is 3. The van der Waals surface area contributed by atoms with E-state index in [9.17, 15) is 14.7 Å². The largest absolute Gasteiger partial charge is 0.480 e. The normalized spacial score (nSPS) is 13.1. The molecule has 0 aliphatic carbocycles. The number of nitrogens with zero attached hydrogens (tertiary/aromatic N) is 1. The standard InChI is InChI=1S/C9H18N2O4/c1-6(7(12)13)10-8(14)11(4)5-9(2,3)15/h6,15H,5H2,1-4H3,(H,10,14)(H,12,13)/t6-/m0/s1. The quantitative estimate of drug-likeness (QED) is 0.613. The molecule has 0 heterocycles. The molecule has 0 aromatic carbocycles. The number of amides is 2. The Morgan fingerprint density at radius 3 is 2.27 bits per heavy atom. The number of rotatable bonds is 4. The number of urea groups is 1. The molecule has 15 heavy (non-hydrogen) atoms. The summed E-state index contributed by atoms with van der Waals surface area (Å²) in [5.74, 6) is -1.10. The molecule has 0 aliphatic rings. The van der Waals surface area contributed by atoms with Gasteiger partial charge in [0.2, 0.25) is 0 Å². The Morgan fingerprint density at radius 2 is 1.93 bits per heavy atom. The first-order valence-corrected chi connectivity index (χ1v) is 4.60. The Morgan fingerprint density at radius 1 is 1.47 bits per heavy atom. The fraction of sp³-hybridized carbons (Fsp3) is 0.778. The van der Waals surface area contributed by atoms with Crippen LogP contribution in [0.25, 0.3) is 0 Å². The van der Waals surface area contributed by atoms with Crippen molar-refractivity contribution in [2.75, 3.05) is 13.6 Å². The number of carboxylic acid groups (broad SMARTS) is 1. The van der Waals surface area contributed by atoms with Gasteiger partial charge in [-0.2, -0.15) is 0 Å². The zero-order valence-corrected chi connectivity index (χ0v) is 9.44. The summed E-state index contributed by atoms with van der Waals surface area (Å²) in [5.41, 5.74) is -1.00. The number of hydrogen-bond acceptors (Lipinski definition) is 3. The highest BCUT2D eigenvalue weighted by Gasteiger charge is 2.21. The Hall–Kier alpha value is -1.30. The van der Waals surface area contributed by atoms with Gasteiger partial charge in [-0.05, 0) is 20.8 Å². The van der Waals surface area contributed by atoms with Crippen LogP contribution in [-0.4, -0.2) is 52.3 Å². The van der Waals surface area contributed by atoms with E-state index in [1.165, 1.54) is 18.9 Å². The van der Waals surface area contributed by atoms with E-state index in [2.05, 4.69) is 5.32 Å². The summed E-state index contributed by atoms with van der Waals surface area (Å²) in [6.07, 6.45) is 0. The van der Waals surface area contributed by atoms with Crippen molar-refractivity contribution in [1.29, 1.82) is 0 Å². The van der Waals surface area contributed by atoms with E-state index in [1.807, 2.05) is 0 Å². The number of nitrogens with one attached hydrogen (secondary N) is 1. The molecule has 0 aromatic heterocycles. The molecule has 0 radical (unpaired) electrons. The van der Waals surface area contributed by atoms with Crippen molar-refractivity contribution in [2.45, 2.75) is 32.4 Å². The van der Waals surface area contributed by atoms with Crippen molar-refractivity contribution in [3.63, 3.8) is 0 Å². The second-order valence-corrected chi connectivity index (χ2v) is 4.18. The van der Waals surface area contributed by atoms with Crippen LogP contribution in [0.1, 0.15) is 20.8 Å². The Labute approximate surface area is 88.9 Å². The first kappa shape index (κ1) is 13.7. The van der Waals surface area contributed by atoms with Crippen molar-refractivity contribution >= 4 is 12.0 Å². The fourth-order valence-corrected chi connectivity index (χ4v) is 1.01. The lowest BCUT2D eigenvalue weighted by molar-refractivity contribution is -0.138. The van der Waals surface area contributed by atoms with Gasteiger partial charge in [-0.25, -0.2) is 4.79 Å². The summed E-state index contributed by atoms with van der Waals surface area (Å²) in [6, 6.07) is -1.46. The van der Waals surface area contributed by atoms with E-state index in [4.69, 9.17) is 5.11 Å². The lowest BCUT2D eigenvalue weighted by atomic mass is 10.1. The third-order valence-corrected chi connectivity index (χ3v) is 1.68. The van der Waals surface area contributed by atoms with Crippen molar-refractivity contribution < 1.29 is 19.8 Å². The molecule has 1 atom stereocenters. The summed E-state index contributed by atoms with van der Waals surface area (Å²) in [5, 5.41) is 20.3. The van der Waals surface area contributed by atoms with Crippen molar-refractivity contribution in [2.24, 2.45) is 0 Å². The molecule has 6 heteroatoms. The lowest BCUT2D eigenvalue weighted by Crippen LogP contribution is -2.48. The fourth-order valence-electron chi connectivity index (χ4n) is 1.01. The minimum atomic E-state index is -1.10. The first-order valence-electron chi connectivity index (χ1n) is 4.60. The molecular formula is C9H18N2O4. The molecule has 88 valence electrons. The van der Waals surface area contributed by atoms with E-state index < -0.39 is 23.6 Å². The van der Waals surface area contributed by atoms with Crippen LogP contribution < -0.4 is 5.32 Å². The number of likely N-dealkylation sites (N-methyl/N-ethyl adjacent to an activating group) is 1. The van der Waals surface area contributed by atoms with Crippen molar-refractivity contribution in [1.82, 2.24) is 10.2 Å². The Balaban J connectivity index is 4.17. The zero-order chi connectivity index (χ0) is 12.2. The van der Waals surface area contributed by atoms with Crippen molar-refractivity contribution in [3.8, 4) is 0 Å². The predicted octanol–water partition coefficient (Wildman–Crippen LogP) is -0.128. The molecule has 0 aromatic rings. The highest BCUT2D eigenvalue weighted by atomic mass is 16.4. The number of carbonyl (C=O) groups is 2. The molecular weight excluding hydrogens is 200 g/mol. The second kappa shape index (κ2) is 4.97. The zero-order valence-electron chi connectivity index (χ0n) is 9.44. The van der Waals surface area contributed by atoms with Gasteiger partial charge in [-0.15, -0.1) is 0 Å². The molecule has 0 unspecified atom stereocenters. The number of carbonyl (C=O) groups excluding carboxylic acids is 1. The molecule has 0 bridgehead atoms. The van der Waals surface area contributed by atoms with Gasteiger partial charge < -0.3 is 20.4 Å². The summed E-state index contributed by atoms with van der Waals surface area (Å²) in [7, 11) is 1.49. The summed E-state index contributed by atoms with van der Waals surface area (Å²) in [6.45, 7) is 4.64. The number of aliphatic hydroxyl groups is 1. The minimum absolute atomic E-state index is 0.130. The second-order valence-electron chi connectivity index (χ2n) is 4.18. The van der Waals surface area contributed by atoms with E-state index >= 15 is 0 Å². The molecule has 0 rings (SSSR count). The predicted molar refractivity (Wildman–Crippen MR) is 54.6 cm³/mol. The van der Waals surface area contributed by atoms with Gasteiger partial charge in [0.05, 0.1) is 12.1 Å². The monoisotopic (exact) mass is 218 g/mol. The van der Waals surface area contributed by atoms with Crippen LogP contribution in [0.15, 0.2) is 0 Å². The molecule has 0 fully saturated rings. The summed E-state index contributed by atoms with van der Waals surface area (Å²) < 4.78 is 0. The van der Waals surface area contributed by atoms with Crippen LogP contribution >= 0.6 is 0 Å². The molecule has 2 amide bonds. The molecule has 6 nitrogen and oxygen atoms in total. The van der Waals surface area contributed by atoms with Crippen LogP contribution in [0.4, 0.5) is 4.79 Å². The van der Waals surface area contributed by atoms with Crippen LogP contribution in [0.2, 0.25) is 0 Å². The maximum Gasteiger partial charge on any atom is 0.325 e. The molecule has 3 N–H and O–H groups in total. The number of aliphatic carboxylic acids is 1. The number of carboxylic acids is 1. The van der Waals surface area contributed by atoms with Crippen LogP contribution in [0.5, 0.6) is 0 Å². The SMILES string of the molecule is C[C@H](NC(=O)N(C)CC(C)(C)O)C(=O)O. The van der Waals surface area contributed by atoms with Crippen LogP contribution in [-0.2, 0) is 4.79 Å². The topological polar surface area (TPSA) is 89.9 Å². The van der Waals surface area contributed by atoms with E-state index in [0.29, 0.717) is 0 Å². The highest BCUT2D eigenvalue weighted by Crippen LogP contribution is 2.03. The molecule has 0 spiro atoms. The molecule has 0 saturated heterocycles. The lowest BCUT2D eigenvalue weighted by Gasteiger charge is -2.26. The highest BCUT2D eigenvalue weighted by molar-refractivity contribution is 5.82. The van der Waals surface area contributed by atoms with E-state index in [1.54, 1.807) is 13.8 Å². The van der Waals surface area contributed by atoms with Crippen LogP contribution in [0.3, 0.4) is 0 Å². The molecule has 0 aliphatic heterocycles.